The molecule has 0 bridgehead atoms. The van der Waals surface area contributed by atoms with Crippen LogP contribution in [0, 0.1) is 0 Å². The summed E-state index contributed by atoms with van der Waals surface area (Å²) in [7, 11) is -4.04. The first-order valence-electron chi connectivity index (χ1n) is 8.24. The van der Waals surface area contributed by atoms with Crippen LogP contribution in [-0.4, -0.2) is 38.5 Å². The highest BCUT2D eigenvalue weighted by Crippen LogP contribution is 2.39. The average molecular weight is 381 g/mol. The minimum Gasteiger partial charge on any atom is -0.454 e. The molecule has 0 unspecified atom stereocenters. The van der Waals surface area contributed by atoms with Crippen molar-refractivity contribution in [2.45, 2.75) is 23.7 Å². The molecule has 1 fully saturated rings. The molecule has 2 aliphatic rings. The van der Waals surface area contributed by atoms with E-state index in [0.717, 1.165) is 4.31 Å². The van der Waals surface area contributed by atoms with Crippen LogP contribution in [0.3, 0.4) is 0 Å². The standard InChI is InChI=1S/C18H17F2NO4S/c19-18(20)8-3-9-21(11-18)26(22,23)17-5-2-1-4-14(17)13-6-7-15-16(10-13)25-12-24-15/h1-2,4-7,10H,3,8-9,11-12H2. The van der Waals surface area contributed by atoms with Gasteiger partial charge in [-0.3, -0.25) is 0 Å². The van der Waals surface area contributed by atoms with Gasteiger partial charge in [0.15, 0.2) is 11.5 Å². The van der Waals surface area contributed by atoms with E-state index in [-0.39, 0.29) is 31.1 Å². The van der Waals surface area contributed by atoms with Crippen LogP contribution in [0.2, 0.25) is 0 Å². The zero-order valence-electron chi connectivity index (χ0n) is 13.8. The van der Waals surface area contributed by atoms with Crippen molar-refractivity contribution in [3.8, 4) is 22.6 Å². The molecule has 0 aromatic heterocycles. The second-order valence-electron chi connectivity index (χ2n) is 6.36. The van der Waals surface area contributed by atoms with E-state index in [2.05, 4.69) is 0 Å². The van der Waals surface area contributed by atoms with E-state index in [0.29, 0.717) is 22.6 Å². The van der Waals surface area contributed by atoms with Crippen LogP contribution in [0.4, 0.5) is 8.78 Å². The van der Waals surface area contributed by atoms with E-state index in [1.165, 1.54) is 6.07 Å². The predicted molar refractivity (Wildman–Crippen MR) is 90.9 cm³/mol. The van der Waals surface area contributed by atoms with Crippen LogP contribution in [0.15, 0.2) is 47.4 Å². The Morgan fingerprint density at radius 1 is 1.04 bits per heavy atom. The van der Waals surface area contributed by atoms with Crippen LogP contribution >= 0.6 is 0 Å². The van der Waals surface area contributed by atoms with Gasteiger partial charge in [-0.2, -0.15) is 4.31 Å². The maximum atomic E-state index is 13.7. The number of fused-ring (bicyclic) bond motifs is 1. The van der Waals surface area contributed by atoms with Crippen molar-refractivity contribution in [1.29, 1.82) is 0 Å². The van der Waals surface area contributed by atoms with Gasteiger partial charge >= 0.3 is 0 Å². The second-order valence-corrected chi connectivity index (χ2v) is 8.27. The number of ether oxygens (including phenoxy) is 2. The van der Waals surface area contributed by atoms with Crippen molar-refractivity contribution >= 4 is 10.0 Å². The molecule has 0 radical (unpaired) electrons. The number of piperidine rings is 1. The Balaban J connectivity index is 1.76. The Morgan fingerprint density at radius 2 is 1.81 bits per heavy atom. The second kappa shape index (κ2) is 6.21. The Bertz CT molecular complexity index is 946. The fourth-order valence-electron chi connectivity index (χ4n) is 3.27. The minimum absolute atomic E-state index is 0.0107. The molecule has 138 valence electrons. The molecular weight excluding hydrogens is 364 g/mol. The summed E-state index contributed by atoms with van der Waals surface area (Å²) < 4.78 is 65.1. The Morgan fingerprint density at radius 3 is 2.62 bits per heavy atom. The third kappa shape index (κ3) is 3.03. The SMILES string of the molecule is O=S(=O)(c1ccccc1-c1ccc2c(c1)OCO2)N1CCCC(F)(F)C1. The van der Waals surface area contributed by atoms with E-state index >= 15 is 0 Å². The van der Waals surface area contributed by atoms with E-state index in [1.54, 1.807) is 36.4 Å². The highest BCUT2D eigenvalue weighted by molar-refractivity contribution is 7.89. The molecule has 0 saturated carbocycles. The maximum Gasteiger partial charge on any atom is 0.261 e. The van der Waals surface area contributed by atoms with Crippen molar-refractivity contribution in [2.75, 3.05) is 19.9 Å². The fourth-order valence-corrected chi connectivity index (χ4v) is 4.99. The molecule has 2 aliphatic heterocycles. The van der Waals surface area contributed by atoms with E-state index in [4.69, 9.17) is 9.47 Å². The van der Waals surface area contributed by atoms with Gasteiger partial charge < -0.3 is 9.47 Å². The number of rotatable bonds is 3. The topological polar surface area (TPSA) is 55.8 Å². The third-order valence-electron chi connectivity index (χ3n) is 4.55. The van der Waals surface area contributed by atoms with Gasteiger partial charge in [0.2, 0.25) is 16.8 Å². The lowest BCUT2D eigenvalue weighted by molar-refractivity contribution is -0.0434. The highest BCUT2D eigenvalue weighted by Gasteiger charge is 2.41. The summed E-state index contributed by atoms with van der Waals surface area (Å²) in [4.78, 5) is 0.0107. The number of nitrogens with zero attached hydrogens (tertiary/aromatic N) is 1. The van der Waals surface area contributed by atoms with Gasteiger partial charge in [0.25, 0.3) is 5.92 Å². The van der Waals surface area contributed by atoms with Crippen LogP contribution < -0.4 is 9.47 Å². The molecule has 0 atom stereocenters. The summed E-state index contributed by atoms with van der Waals surface area (Å²) in [5, 5.41) is 0. The van der Waals surface area contributed by atoms with E-state index < -0.39 is 22.5 Å². The van der Waals surface area contributed by atoms with Crippen LogP contribution in [0.1, 0.15) is 12.8 Å². The van der Waals surface area contributed by atoms with Crippen LogP contribution in [0.5, 0.6) is 11.5 Å². The number of alkyl halides is 2. The van der Waals surface area contributed by atoms with Gasteiger partial charge in [0.1, 0.15) is 0 Å². The summed E-state index contributed by atoms with van der Waals surface area (Å²) in [6.45, 7) is -0.584. The molecule has 1 saturated heterocycles. The van der Waals surface area contributed by atoms with Crippen LogP contribution in [-0.2, 0) is 10.0 Å². The lowest BCUT2D eigenvalue weighted by Crippen LogP contribution is -2.45. The first-order valence-corrected chi connectivity index (χ1v) is 9.68. The Kier molecular flexibility index (Phi) is 4.11. The molecule has 8 heteroatoms. The zero-order chi connectivity index (χ0) is 18.4. The predicted octanol–water partition coefficient (Wildman–Crippen LogP) is 3.50. The summed E-state index contributed by atoms with van der Waals surface area (Å²) in [5.74, 6) is -1.89. The third-order valence-corrected chi connectivity index (χ3v) is 6.45. The van der Waals surface area contributed by atoms with Gasteiger partial charge in [-0.25, -0.2) is 17.2 Å². The molecule has 0 N–H and O–H groups in total. The molecule has 2 aromatic carbocycles. The number of halogens is 2. The van der Waals surface area contributed by atoms with E-state index in [1.807, 2.05) is 0 Å². The largest absolute Gasteiger partial charge is 0.454 e. The fraction of sp³-hybridized carbons (Fsp3) is 0.333. The molecule has 0 amide bonds. The first-order chi connectivity index (χ1) is 12.4. The molecule has 0 spiro atoms. The normalized spacial score (nSPS) is 19.5. The molecule has 5 nitrogen and oxygen atoms in total. The maximum absolute atomic E-state index is 13.7. The molecule has 2 aromatic rings. The van der Waals surface area contributed by atoms with Crippen molar-refractivity contribution < 1.29 is 26.7 Å². The van der Waals surface area contributed by atoms with Gasteiger partial charge in [-0.1, -0.05) is 24.3 Å². The van der Waals surface area contributed by atoms with Crippen LogP contribution in [0.25, 0.3) is 11.1 Å². The van der Waals surface area contributed by atoms with Gasteiger partial charge in [0.05, 0.1) is 11.4 Å². The summed E-state index contributed by atoms with van der Waals surface area (Å²) in [6.07, 6.45) is -0.152. The minimum atomic E-state index is -4.04. The van der Waals surface area contributed by atoms with Gasteiger partial charge in [-0.05, 0) is 30.2 Å². The molecular formula is C18H17F2NO4S. The van der Waals surface area contributed by atoms with Crippen molar-refractivity contribution in [1.82, 2.24) is 4.31 Å². The summed E-state index contributed by atoms with van der Waals surface area (Å²) in [6, 6.07) is 11.5. The first kappa shape index (κ1) is 17.2. The molecule has 2 heterocycles. The zero-order valence-corrected chi connectivity index (χ0v) is 14.6. The molecule has 26 heavy (non-hydrogen) atoms. The van der Waals surface area contributed by atoms with Crippen molar-refractivity contribution in [2.24, 2.45) is 0 Å². The number of hydrogen-bond donors (Lipinski definition) is 0. The number of benzene rings is 2. The summed E-state index contributed by atoms with van der Waals surface area (Å²) >= 11 is 0. The molecule has 0 aliphatic carbocycles. The smallest absolute Gasteiger partial charge is 0.261 e. The van der Waals surface area contributed by atoms with E-state index in [9.17, 15) is 17.2 Å². The summed E-state index contributed by atoms with van der Waals surface area (Å²) in [5.41, 5.74) is 1.07. The van der Waals surface area contributed by atoms with Gasteiger partial charge in [-0.15, -0.1) is 0 Å². The average Bonchev–Trinajstić information content (AvgIpc) is 3.08. The monoisotopic (exact) mass is 381 g/mol. The number of sulfonamides is 1. The molecule has 4 rings (SSSR count). The van der Waals surface area contributed by atoms with Crippen molar-refractivity contribution in [3.05, 3.63) is 42.5 Å². The Labute approximate surface area is 150 Å². The lowest BCUT2D eigenvalue weighted by atomic mass is 10.1. The van der Waals surface area contributed by atoms with Gasteiger partial charge in [0, 0.05) is 18.5 Å². The highest BCUT2D eigenvalue weighted by atomic mass is 32.2. The number of hydrogen-bond acceptors (Lipinski definition) is 4. The van der Waals surface area contributed by atoms with Crippen molar-refractivity contribution in [3.63, 3.8) is 0 Å². The quantitative estimate of drug-likeness (QED) is 0.817. The Hall–Kier alpha value is -2.19. The lowest BCUT2D eigenvalue weighted by Gasteiger charge is -2.32.